The molecule has 1 amide bonds. The third-order valence-corrected chi connectivity index (χ3v) is 4.79. The molecule has 0 bridgehead atoms. The fourth-order valence-electron chi connectivity index (χ4n) is 2.02. The van der Waals surface area contributed by atoms with Gasteiger partial charge in [0.2, 0.25) is 0 Å². The van der Waals surface area contributed by atoms with Crippen molar-refractivity contribution in [3.8, 4) is 0 Å². The van der Waals surface area contributed by atoms with E-state index >= 15 is 0 Å². The summed E-state index contributed by atoms with van der Waals surface area (Å²) in [5.74, 6) is -0.936. The average molecular weight is 396 g/mol. The van der Waals surface area contributed by atoms with Crippen LogP contribution in [0.2, 0.25) is 5.02 Å². The first-order valence-corrected chi connectivity index (χ1v) is 9.36. The van der Waals surface area contributed by atoms with Crippen molar-refractivity contribution in [1.82, 2.24) is 0 Å². The quantitative estimate of drug-likeness (QED) is 0.538. The van der Waals surface area contributed by atoms with E-state index in [2.05, 4.69) is 5.32 Å². The van der Waals surface area contributed by atoms with Gasteiger partial charge in [-0.1, -0.05) is 29.3 Å². The van der Waals surface area contributed by atoms with Crippen LogP contribution in [0.25, 0.3) is 0 Å². The first-order chi connectivity index (χ1) is 12.3. The molecular formula is C19H19ClFNO3S. The summed E-state index contributed by atoms with van der Waals surface area (Å²) in [6.45, 7) is 3.48. The molecule has 0 aliphatic heterocycles. The summed E-state index contributed by atoms with van der Waals surface area (Å²) in [6, 6.07) is 11.6. The molecule has 0 saturated heterocycles. The molecule has 1 unspecified atom stereocenters. The van der Waals surface area contributed by atoms with Crippen LogP contribution in [-0.4, -0.2) is 23.7 Å². The van der Waals surface area contributed by atoms with Gasteiger partial charge in [-0.3, -0.25) is 9.59 Å². The monoisotopic (exact) mass is 395 g/mol. The Morgan fingerprint density at radius 1 is 1.23 bits per heavy atom. The Morgan fingerprint density at radius 2 is 1.92 bits per heavy atom. The van der Waals surface area contributed by atoms with Gasteiger partial charge in [-0.05, 0) is 44.2 Å². The average Bonchev–Trinajstić information content (AvgIpc) is 2.59. The highest BCUT2D eigenvalue weighted by molar-refractivity contribution is 7.99. The molecule has 0 aliphatic rings. The lowest BCUT2D eigenvalue weighted by molar-refractivity contribution is -0.152. The predicted octanol–water partition coefficient (Wildman–Crippen LogP) is 4.84. The third kappa shape index (κ3) is 6.35. The number of hydrogen-bond donors (Lipinski definition) is 1. The van der Waals surface area contributed by atoms with E-state index in [4.69, 9.17) is 16.3 Å². The maximum atomic E-state index is 13.0. The van der Waals surface area contributed by atoms with E-state index in [1.54, 1.807) is 11.8 Å². The minimum atomic E-state index is -0.979. The van der Waals surface area contributed by atoms with E-state index in [0.29, 0.717) is 5.75 Å². The molecular weight excluding hydrogens is 377 g/mol. The van der Waals surface area contributed by atoms with Crippen molar-refractivity contribution in [2.45, 2.75) is 31.3 Å². The second-order valence-corrected chi connectivity index (χ2v) is 7.23. The predicted molar refractivity (Wildman–Crippen MR) is 102 cm³/mol. The minimum Gasteiger partial charge on any atom is -0.453 e. The standard InChI is InChI=1S/C19H19ClFNO3S/c1-12-3-6-15(7-4-12)26-10-9-18(23)25-13(2)19(24)22-17-8-5-14(21)11-16(17)20/h3-8,11,13H,9-10H2,1-2H3,(H,22,24). The smallest absolute Gasteiger partial charge is 0.307 e. The second kappa shape index (κ2) is 9.59. The number of aryl methyl sites for hydroxylation is 1. The summed E-state index contributed by atoms with van der Waals surface area (Å²) in [5, 5.41) is 2.59. The van der Waals surface area contributed by atoms with Gasteiger partial charge in [0.15, 0.2) is 6.10 Å². The Bertz CT molecular complexity index is 783. The van der Waals surface area contributed by atoms with E-state index in [1.165, 1.54) is 24.6 Å². The molecule has 138 valence electrons. The number of esters is 1. The van der Waals surface area contributed by atoms with E-state index in [-0.39, 0.29) is 17.1 Å². The molecule has 4 nitrogen and oxygen atoms in total. The summed E-state index contributed by atoms with van der Waals surface area (Å²) in [7, 11) is 0. The zero-order valence-corrected chi connectivity index (χ0v) is 16.0. The van der Waals surface area contributed by atoms with Crippen LogP contribution in [0.1, 0.15) is 18.9 Å². The van der Waals surface area contributed by atoms with Gasteiger partial charge in [0.1, 0.15) is 5.82 Å². The minimum absolute atomic E-state index is 0.0753. The molecule has 0 fully saturated rings. The number of anilines is 1. The van der Waals surface area contributed by atoms with Crippen molar-refractivity contribution in [1.29, 1.82) is 0 Å². The van der Waals surface area contributed by atoms with Gasteiger partial charge in [0.25, 0.3) is 5.91 Å². The number of thioether (sulfide) groups is 1. The van der Waals surface area contributed by atoms with Crippen LogP contribution in [0.15, 0.2) is 47.4 Å². The Labute approximate surface area is 161 Å². The highest BCUT2D eigenvalue weighted by Crippen LogP contribution is 2.23. The molecule has 26 heavy (non-hydrogen) atoms. The summed E-state index contributed by atoms with van der Waals surface area (Å²) >= 11 is 7.40. The van der Waals surface area contributed by atoms with Gasteiger partial charge < -0.3 is 10.1 Å². The largest absolute Gasteiger partial charge is 0.453 e. The van der Waals surface area contributed by atoms with Gasteiger partial charge in [-0.25, -0.2) is 4.39 Å². The number of benzene rings is 2. The van der Waals surface area contributed by atoms with Crippen molar-refractivity contribution in [2.24, 2.45) is 0 Å². The van der Waals surface area contributed by atoms with Gasteiger partial charge >= 0.3 is 5.97 Å². The number of halogens is 2. The first kappa shape index (κ1) is 20.3. The number of nitrogens with one attached hydrogen (secondary N) is 1. The number of hydrogen-bond acceptors (Lipinski definition) is 4. The number of amides is 1. The molecule has 0 aromatic heterocycles. The normalized spacial score (nSPS) is 11.7. The Balaban J connectivity index is 1.76. The molecule has 7 heteroatoms. The zero-order chi connectivity index (χ0) is 19.1. The molecule has 0 radical (unpaired) electrons. The Hall–Kier alpha value is -2.05. The van der Waals surface area contributed by atoms with E-state index in [9.17, 15) is 14.0 Å². The molecule has 2 aromatic carbocycles. The van der Waals surface area contributed by atoms with Gasteiger partial charge in [0.05, 0.1) is 17.1 Å². The van der Waals surface area contributed by atoms with Crippen LogP contribution in [0.5, 0.6) is 0 Å². The van der Waals surface area contributed by atoms with Crippen LogP contribution >= 0.6 is 23.4 Å². The molecule has 2 aromatic rings. The first-order valence-electron chi connectivity index (χ1n) is 8.00. The summed E-state index contributed by atoms with van der Waals surface area (Å²) in [6.07, 6.45) is -0.791. The molecule has 0 heterocycles. The fourth-order valence-corrected chi connectivity index (χ4v) is 3.07. The van der Waals surface area contributed by atoms with Crippen molar-refractivity contribution >= 4 is 40.9 Å². The Kier molecular flexibility index (Phi) is 7.48. The second-order valence-electron chi connectivity index (χ2n) is 5.66. The third-order valence-electron chi connectivity index (χ3n) is 3.46. The topological polar surface area (TPSA) is 55.4 Å². The highest BCUT2D eigenvalue weighted by atomic mass is 35.5. The zero-order valence-electron chi connectivity index (χ0n) is 14.4. The van der Waals surface area contributed by atoms with Crippen LogP contribution < -0.4 is 5.32 Å². The maximum Gasteiger partial charge on any atom is 0.307 e. The van der Waals surface area contributed by atoms with Crippen LogP contribution in [0.3, 0.4) is 0 Å². The number of rotatable bonds is 7. The number of carbonyl (C=O) groups excluding carboxylic acids is 2. The summed E-state index contributed by atoms with van der Waals surface area (Å²) in [4.78, 5) is 25.0. The SMILES string of the molecule is Cc1ccc(SCCC(=O)OC(C)C(=O)Nc2ccc(F)cc2Cl)cc1. The van der Waals surface area contributed by atoms with E-state index in [0.717, 1.165) is 11.0 Å². The van der Waals surface area contributed by atoms with Crippen molar-refractivity contribution < 1.29 is 18.7 Å². The fraction of sp³-hybridized carbons (Fsp3) is 0.263. The molecule has 1 N–H and O–H groups in total. The van der Waals surface area contributed by atoms with E-state index < -0.39 is 23.8 Å². The van der Waals surface area contributed by atoms with Gasteiger partial charge in [-0.15, -0.1) is 11.8 Å². The lowest BCUT2D eigenvalue weighted by Gasteiger charge is -2.14. The summed E-state index contributed by atoms with van der Waals surface area (Å²) in [5.41, 5.74) is 1.44. The van der Waals surface area contributed by atoms with Gasteiger partial charge in [-0.2, -0.15) is 0 Å². The molecule has 0 aliphatic carbocycles. The maximum absolute atomic E-state index is 13.0. The lowest BCUT2D eigenvalue weighted by atomic mass is 10.2. The van der Waals surface area contributed by atoms with Crippen molar-refractivity contribution in [3.63, 3.8) is 0 Å². The van der Waals surface area contributed by atoms with E-state index in [1.807, 2.05) is 31.2 Å². The van der Waals surface area contributed by atoms with Crippen LogP contribution in [0, 0.1) is 12.7 Å². The van der Waals surface area contributed by atoms with Crippen molar-refractivity contribution in [3.05, 3.63) is 58.9 Å². The van der Waals surface area contributed by atoms with Crippen LogP contribution in [0.4, 0.5) is 10.1 Å². The number of carbonyl (C=O) groups is 2. The summed E-state index contributed by atoms with van der Waals surface area (Å²) < 4.78 is 18.1. The number of ether oxygens (including phenoxy) is 1. The molecule has 1 atom stereocenters. The highest BCUT2D eigenvalue weighted by Gasteiger charge is 2.18. The van der Waals surface area contributed by atoms with Gasteiger partial charge in [0, 0.05) is 10.6 Å². The molecule has 0 saturated carbocycles. The van der Waals surface area contributed by atoms with Crippen molar-refractivity contribution in [2.75, 3.05) is 11.1 Å². The molecule has 2 rings (SSSR count). The van der Waals surface area contributed by atoms with Crippen LogP contribution in [-0.2, 0) is 14.3 Å². The lowest BCUT2D eigenvalue weighted by Crippen LogP contribution is -2.30. The molecule has 0 spiro atoms. The Morgan fingerprint density at radius 3 is 2.58 bits per heavy atom.